The van der Waals surface area contributed by atoms with E-state index in [1.807, 2.05) is 42.5 Å². The summed E-state index contributed by atoms with van der Waals surface area (Å²) in [5.74, 6) is 1.81. The minimum Gasteiger partial charge on any atom is -0.490 e. The topological polar surface area (TPSA) is 33.7 Å². The van der Waals surface area contributed by atoms with Crippen molar-refractivity contribution in [1.82, 2.24) is 5.32 Å². The number of halogens is 1. The summed E-state index contributed by atoms with van der Waals surface area (Å²) in [7, 11) is 0. The first-order chi connectivity index (χ1) is 10.9. The number of rotatable bonds is 6. The fraction of sp³-hybridized carbons (Fsp3) is 0.333. The minimum absolute atomic E-state index is 0. The first-order valence-corrected chi connectivity index (χ1v) is 7.79. The number of para-hydroxylation sites is 3. The zero-order chi connectivity index (χ0) is 15.0. The fourth-order valence-corrected chi connectivity index (χ4v) is 2.57. The number of ether oxygens (including phenoxy) is 2. The molecule has 0 radical (unpaired) electrons. The molecule has 0 spiro atoms. The van der Waals surface area contributed by atoms with E-state index in [2.05, 4.69) is 22.3 Å². The Morgan fingerprint density at radius 2 is 1.48 bits per heavy atom. The maximum absolute atomic E-state index is 5.93. The predicted octanol–water partition coefficient (Wildman–Crippen LogP) is 2.98. The van der Waals surface area contributed by atoms with E-state index < -0.39 is 0 Å². The number of anilines is 1. The van der Waals surface area contributed by atoms with Crippen LogP contribution in [-0.4, -0.2) is 39.4 Å². The maximum atomic E-state index is 5.93. The molecule has 5 heteroatoms. The van der Waals surface area contributed by atoms with E-state index in [0.717, 1.165) is 37.7 Å². The Morgan fingerprint density at radius 1 is 0.826 bits per heavy atom. The molecule has 0 aromatic heterocycles. The van der Waals surface area contributed by atoms with Crippen LogP contribution in [0.15, 0.2) is 54.6 Å². The molecule has 1 saturated heterocycles. The largest absolute Gasteiger partial charge is 0.490 e. The Kier molecular flexibility index (Phi) is 7.04. The molecular weight excluding hydrogens is 312 g/mol. The summed E-state index contributed by atoms with van der Waals surface area (Å²) in [6, 6.07) is 18.0. The molecule has 0 amide bonds. The van der Waals surface area contributed by atoms with Gasteiger partial charge in [-0.25, -0.2) is 0 Å². The van der Waals surface area contributed by atoms with Crippen molar-refractivity contribution in [2.24, 2.45) is 0 Å². The van der Waals surface area contributed by atoms with E-state index in [1.165, 1.54) is 5.69 Å². The second-order valence-corrected chi connectivity index (χ2v) is 5.21. The lowest BCUT2D eigenvalue weighted by atomic mass is 10.2. The minimum atomic E-state index is 0. The molecule has 1 fully saturated rings. The number of nitrogens with one attached hydrogen (secondary N) is 1. The predicted molar refractivity (Wildman–Crippen MR) is 96.2 cm³/mol. The van der Waals surface area contributed by atoms with Crippen LogP contribution in [0.4, 0.5) is 5.69 Å². The highest BCUT2D eigenvalue weighted by Gasteiger charge is 2.14. The summed E-state index contributed by atoms with van der Waals surface area (Å²) >= 11 is 0. The van der Waals surface area contributed by atoms with Gasteiger partial charge in [-0.1, -0.05) is 30.3 Å². The number of nitrogens with zero attached hydrogens (tertiary/aromatic N) is 1. The normalized spacial score (nSPS) is 14.0. The SMILES string of the molecule is Cl.c1ccc(OCCOc2ccccc2N2CCNCC2)cc1. The molecule has 4 nitrogen and oxygen atoms in total. The molecule has 124 valence electrons. The Hall–Kier alpha value is -1.91. The second-order valence-electron chi connectivity index (χ2n) is 5.21. The van der Waals surface area contributed by atoms with Gasteiger partial charge in [0.25, 0.3) is 0 Å². The lowest BCUT2D eigenvalue weighted by Crippen LogP contribution is -2.43. The first-order valence-electron chi connectivity index (χ1n) is 7.79. The zero-order valence-electron chi connectivity index (χ0n) is 13.1. The van der Waals surface area contributed by atoms with Crippen molar-refractivity contribution < 1.29 is 9.47 Å². The summed E-state index contributed by atoms with van der Waals surface area (Å²) in [6.07, 6.45) is 0. The highest BCUT2D eigenvalue weighted by Crippen LogP contribution is 2.28. The van der Waals surface area contributed by atoms with Crippen molar-refractivity contribution >= 4 is 18.1 Å². The van der Waals surface area contributed by atoms with Crippen LogP contribution < -0.4 is 19.7 Å². The molecule has 3 rings (SSSR count). The van der Waals surface area contributed by atoms with Gasteiger partial charge in [0, 0.05) is 26.2 Å². The molecule has 2 aromatic rings. The van der Waals surface area contributed by atoms with E-state index in [0.29, 0.717) is 13.2 Å². The lowest BCUT2D eigenvalue weighted by molar-refractivity contribution is 0.217. The summed E-state index contributed by atoms with van der Waals surface area (Å²) in [4.78, 5) is 2.36. The molecule has 0 saturated carbocycles. The Morgan fingerprint density at radius 3 is 2.26 bits per heavy atom. The van der Waals surface area contributed by atoms with E-state index in [-0.39, 0.29) is 12.4 Å². The van der Waals surface area contributed by atoms with Gasteiger partial charge in [-0.05, 0) is 24.3 Å². The van der Waals surface area contributed by atoms with Gasteiger partial charge in [-0.3, -0.25) is 0 Å². The van der Waals surface area contributed by atoms with Crippen LogP contribution in [0.25, 0.3) is 0 Å². The molecule has 1 aliphatic heterocycles. The van der Waals surface area contributed by atoms with Gasteiger partial charge in [0.15, 0.2) is 0 Å². The molecule has 1 aliphatic rings. The van der Waals surface area contributed by atoms with Crippen molar-refractivity contribution in [1.29, 1.82) is 0 Å². The monoisotopic (exact) mass is 334 g/mol. The Balaban J connectivity index is 0.00000192. The molecule has 0 unspecified atom stereocenters. The van der Waals surface area contributed by atoms with Crippen LogP contribution in [0.2, 0.25) is 0 Å². The van der Waals surface area contributed by atoms with Crippen LogP contribution in [0, 0.1) is 0 Å². The third-order valence-corrected chi connectivity index (χ3v) is 3.68. The standard InChI is InChI=1S/C18H22N2O2.ClH/c1-2-6-16(7-3-1)21-14-15-22-18-9-5-4-8-17(18)20-12-10-19-11-13-20;/h1-9,19H,10-15H2;1H. The quantitative estimate of drug-likeness (QED) is 0.823. The van der Waals surface area contributed by atoms with Crippen LogP contribution in [0.1, 0.15) is 0 Å². The molecule has 1 N–H and O–H groups in total. The van der Waals surface area contributed by atoms with E-state index in [1.54, 1.807) is 0 Å². The Labute approximate surface area is 143 Å². The molecule has 0 bridgehead atoms. The third-order valence-electron chi connectivity index (χ3n) is 3.68. The van der Waals surface area contributed by atoms with Crippen LogP contribution in [-0.2, 0) is 0 Å². The van der Waals surface area contributed by atoms with Crippen LogP contribution in [0.3, 0.4) is 0 Å². The van der Waals surface area contributed by atoms with Crippen molar-refractivity contribution in [3.05, 3.63) is 54.6 Å². The molecule has 23 heavy (non-hydrogen) atoms. The number of hydrogen-bond acceptors (Lipinski definition) is 4. The highest BCUT2D eigenvalue weighted by atomic mass is 35.5. The molecular formula is C18H23ClN2O2. The Bertz CT molecular complexity index is 574. The third kappa shape index (κ3) is 5.05. The van der Waals surface area contributed by atoms with Gasteiger partial charge in [-0.15, -0.1) is 12.4 Å². The average Bonchev–Trinajstić information content (AvgIpc) is 2.61. The van der Waals surface area contributed by atoms with Gasteiger partial charge in [0.05, 0.1) is 5.69 Å². The van der Waals surface area contributed by atoms with Crippen molar-refractivity contribution in [3.8, 4) is 11.5 Å². The van der Waals surface area contributed by atoms with Crippen molar-refractivity contribution in [2.45, 2.75) is 0 Å². The highest BCUT2D eigenvalue weighted by molar-refractivity contribution is 5.85. The first kappa shape index (κ1) is 17.4. The van der Waals surface area contributed by atoms with Gasteiger partial charge in [-0.2, -0.15) is 0 Å². The zero-order valence-corrected chi connectivity index (χ0v) is 13.9. The van der Waals surface area contributed by atoms with E-state index >= 15 is 0 Å². The van der Waals surface area contributed by atoms with Crippen molar-refractivity contribution in [2.75, 3.05) is 44.3 Å². The summed E-state index contributed by atoms with van der Waals surface area (Å²) < 4.78 is 11.6. The smallest absolute Gasteiger partial charge is 0.142 e. The van der Waals surface area contributed by atoms with E-state index in [9.17, 15) is 0 Å². The molecule has 1 heterocycles. The molecule has 0 aliphatic carbocycles. The van der Waals surface area contributed by atoms with Gasteiger partial charge >= 0.3 is 0 Å². The van der Waals surface area contributed by atoms with Crippen molar-refractivity contribution in [3.63, 3.8) is 0 Å². The van der Waals surface area contributed by atoms with Gasteiger partial charge in [0.1, 0.15) is 24.7 Å². The molecule has 0 atom stereocenters. The second kappa shape index (κ2) is 9.28. The number of benzene rings is 2. The van der Waals surface area contributed by atoms with Crippen LogP contribution >= 0.6 is 12.4 Å². The molecule has 2 aromatic carbocycles. The lowest BCUT2D eigenvalue weighted by Gasteiger charge is -2.30. The summed E-state index contributed by atoms with van der Waals surface area (Å²) in [5, 5.41) is 3.37. The van der Waals surface area contributed by atoms with Gasteiger partial charge < -0.3 is 19.7 Å². The number of hydrogen-bond donors (Lipinski definition) is 1. The average molecular weight is 335 g/mol. The van der Waals surface area contributed by atoms with E-state index in [4.69, 9.17) is 9.47 Å². The fourth-order valence-electron chi connectivity index (χ4n) is 2.57. The number of piperazine rings is 1. The summed E-state index contributed by atoms with van der Waals surface area (Å²) in [5.41, 5.74) is 1.17. The van der Waals surface area contributed by atoms with Crippen LogP contribution in [0.5, 0.6) is 11.5 Å². The maximum Gasteiger partial charge on any atom is 0.142 e. The van der Waals surface area contributed by atoms with Gasteiger partial charge in [0.2, 0.25) is 0 Å². The summed E-state index contributed by atoms with van der Waals surface area (Å²) in [6.45, 7) is 5.15.